The number of ether oxygens (including phenoxy) is 1. The van der Waals surface area contributed by atoms with Gasteiger partial charge in [0.2, 0.25) is 11.8 Å². The van der Waals surface area contributed by atoms with E-state index >= 15 is 0 Å². The van der Waals surface area contributed by atoms with E-state index in [9.17, 15) is 18.0 Å². The third-order valence-corrected chi connectivity index (χ3v) is 6.05. The fraction of sp³-hybridized carbons (Fsp3) is 0.222. The van der Waals surface area contributed by atoms with Crippen LogP contribution in [0.4, 0.5) is 11.4 Å². The predicted octanol–water partition coefficient (Wildman–Crippen LogP) is 3.11. The summed E-state index contributed by atoms with van der Waals surface area (Å²) in [6.07, 6.45) is 0.208. The molecule has 9 heteroatoms. The van der Waals surface area contributed by atoms with Gasteiger partial charge in [0.25, 0.3) is 10.0 Å². The summed E-state index contributed by atoms with van der Waals surface area (Å²) >= 11 is 6.05. The Morgan fingerprint density at radius 1 is 1.11 bits per heavy atom. The molecule has 27 heavy (non-hydrogen) atoms. The number of carbonyl (C=O) groups is 2. The van der Waals surface area contributed by atoms with Crippen molar-refractivity contribution in [1.82, 2.24) is 0 Å². The van der Waals surface area contributed by atoms with E-state index in [1.807, 2.05) is 0 Å². The van der Waals surface area contributed by atoms with Crippen molar-refractivity contribution in [1.29, 1.82) is 0 Å². The van der Waals surface area contributed by atoms with Crippen molar-refractivity contribution >= 4 is 44.8 Å². The van der Waals surface area contributed by atoms with Crippen molar-refractivity contribution in [2.45, 2.75) is 24.7 Å². The maximum absolute atomic E-state index is 13.0. The summed E-state index contributed by atoms with van der Waals surface area (Å²) in [5.74, 6) is -0.649. The highest BCUT2D eigenvalue weighted by Crippen LogP contribution is 2.33. The molecule has 1 N–H and O–H groups in total. The SMILES string of the molecule is COc1ccc(N2C(=O)CCC2=O)cc1S(=O)(=O)Nc1cccc(Cl)c1C. The minimum Gasteiger partial charge on any atom is -0.495 e. The molecule has 0 atom stereocenters. The van der Waals surface area contributed by atoms with E-state index in [1.54, 1.807) is 25.1 Å². The number of sulfonamides is 1. The first-order valence-electron chi connectivity index (χ1n) is 8.06. The van der Waals surface area contributed by atoms with Gasteiger partial charge in [0.1, 0.15) is 10.6 Å². The maximum atomic E-state index is 13.0. The normalized spacial score (nSPS) is 14.6. The van der Waals surface area contributed by atoms with Gasteiger partial charge in [0.15, 0.2) is 0 Å². The average molecular weight is 409 g/mol. The first-order valence-corrected chi connectivity index (χ1v) is 9.92. The van der Waals surface area contributed by atoms with E-state index in [2.05, 4.69) is 4.72 Å². The molecule has 3 rings (SSSR count). The summed E-state index contributed by atoms with van der Waals surface area (Å²) in [6.45, 7) is 1.69. The summed E-state index contributed by atoms with van der Waals surface area (Å²) in [6, 6.07) is 9.00. The second kappa shape index (κ2) is 7.21. The molecule has 0 aliphatic carbocycles. The molecule has 2 amide bonds. The van der Waals surface area contributed by atoms with E-state index in [1.165, 1.54) is 25.3 Å². The molecule has 1 saturated heterocycles. The lowest BCUT2D eigenvalue weighted by Crippen LogP contribution is -2.28. The van der Waals surface area contributed by atoms with Crippen LogP contribution >= 0.6 is 11.6 Å². The summed E-state index contributed by atoms with van der Waals surface area (Å²) < 4.78 is 33.5. The maximum Gasteiger partial charge on any atom is 0.265 e. The van der Waals surface area contributed by atoms with E-state index in [0.717, 1.165) is 4.90 Å². The highest BCUT2D eigenvalue weighted by Gasteiger charge is 2.32. The molecule has 1 aliphatic heterocycles. The minimum atomic E-state index is -4.07. The summed E-state index contributed by atoms with van der Waals surface area (Å²) in [5, 5.41) is 0.421. The van der Waals surface area contributed by atoms with Gasteiger partial charge < -0.3 is 4.74 Å². The number of halogens is 1. The molecule has 7 nitrogen and oxygen atoms in total. The quantitative estimate of drug-likeness (QED) is 0.767. The zero-order valence-electron chi connectivity index (χ0n) is 14.7. The number of hydrogen-bond donors (Lipinski definition) is 1. The number of anilines is 2. The lowest BCUT2D eigenvalue weighted by atomic mass is 10.2. The molecule has 2 aromatic rings. The van der Waals surface area contributed by atoms with Gasteiger partial charge in [-0.15, -0.1) is 0 Å². The van der Waals surface area contributed by atoms with Crippen LogP contribution < -0.4 is 14.4 Å². The molecule has 1 heterocycles. The van der Waals surface area contributed by atoms with Crippen LogP contribution in [0.3, 0.4) is 0 Å². The predicted molar refractivity (Wildman–Crippen MR) is 102 cm³/mol. The standard InChI is InChI=1S/C18H17ClN2O5S/c1-11-13(19)4-3-5-14(11)20-27(24,25)16-10-12(6-7-15(16)26-2)21-17(22)8-9-18(21)23/h3-7,10,20H,8-9H2,1-2H3. The number of benzene rings is 2. The smallest absolute Gasteiger partial charge is 0.265 e. The van der Waals surface area contributed by atoms with Crippen LogP contribution in [0.15, 0.2) is 41.3 Å². The van der Waals surface area contributed by atoms with Gasteiger partial charge in [-0.25, -0.2) is 8.42 Å². The van der Waals surface area contributed by atoms with Crippen molar-refractivity contribution in [3.63, 3.8) is 0 Å². The molecule has 1 aliphatic rings. The molecule has 0 unspecified atom stereocenters. The molecule has 0 saturated carbocycles. The Morgan fingerprint density at radius 3 is 2.41 bits per heavy atom. The fourth-order valence-electron chi connectivity index (χ4n) is 2.80. The van der Waals surface area contributed by atoms with Crippen LogP contribution in [0.1, 0.15) is 18.4 Å². The van der Waals surface area contributed by atoms with Gasteiger partial charge in [-0.05, 0) is 42.8 Å². The van der Waals surface area contributed by atoms with Gasteiger partial charge in [0.05, 0.1) is 18.5 Å². The Balaban J connectivity index is 2.06. The Hall–Kier alpha value is -2.58. The summed E-state index contributed by atoms with van der Waals surface area (Å²) in [5.41, 5.74) is 1.08. The van der Waals surface area contributed by atoms with Crippen LogP contribution in [0.5, 0.6) is 5.75 Å². The third kappa shape index (κ3) is 3.63. The van der Waals surface area contributed by atoms with Gasteiger partial charge in [0, 0.05) is 17.9 Å². The molecule has 142 valence electrons. The van der Waals surface area contributed by atoms with Crippen molar-refractivity contribution in [3.05, 3.63) is 47.0 Å². The molecular formula is C18H17ClN2O5S. The monoisotopic (exact) mass is 408 g/mol. The topological polar surface area (TPSA) is 92.8 Å². The third-order valence-electron chi connectivity index (χ3n) is 4.26. The minimum absolute atomic E-state index is 0.0880. The van der Waals surface area contributed by atoms with Crippen LogP contribution in [0.25, 0.3) is 0 Å². The Labute approximate surface area is 161 Å². The second-order valence-corrected chi connectivity index (χ2v) is 8.03. The van der Waals surface area contributed by atoms with Gasteiger partial charge in [-0.2, -0.15) is 0 Å². The summed E-state index contributed by atoms with van der Waals surface area (Å²) in [4.78, 5) is 24.7. The van der Waals surface area contributed by atoms with Crippen molar-refractivity contribution in [2.75, 3.05) is 16.7 Å². The van der Waals surface area contributed by atoms with Crippen molar-refractivity contribution in [3.8, 4) is 5.75 Å². The molecule has 0 aromatic heterocycles. The number of imide groups is 1. The van der Waals surface area contributed by atoms with E-state index < -0.39 is 10.0 Å². The lowest BCUT2D eigenvalue weighted by Gasteiger charge is -2.18. The van der Waals surface area contributed by atoms with Crippen molar-refractivity contribution in [2.24, 2.45) is 0 Å². The zero-order chi connectivity index (χ0) is 19.8. The van der Waals surface area contributed by atoms with Gasteiger partial charge >= 0.3 is 0 Å². The van der Waals surface area contributed by atoms with Crippen LogP contribution in [-0.4, -0.2) is 27.3 Å². The molecule has 2 aromatic carbocycles. The number of nitrogens with one attached hydrogen (secondary N) is 1. The Morgan fingerprint density at radius 2 is 1.78 bits per heavy atom. The number of hydrogen-bond acceptors (Lipinski definition) is 5. The second-order valence-electron chi connectivity index (χ2n) is 5.98. The lowest BCUT2D eigenvalue weighted by molar-refractivity contribution is -0.121. The highest BCUT2D eigenvalue weighted by molar-refractivity contribution is 7.92. The largest absolute Gasteiger partial charge is 0.495 e. The first-order chi connectivity index (χ1) is 12.7. The number of amides is 2. The first kappa shape index (κ1) is 19.2. The number of methoxy groups -OCH3 is 1. The van der Waals surface area contributed by atoms with Crippen LogP contribution in [-0.2, 0) is 19.6 Å². The van der Waals surface area contributed by atoms with E-state index in [4.69, 9.17) is 16.3 Å². The molecule has 1 fully saturated rings. The number of rotatable bonds is 5. The molecular weight excluding hydrogens is 392 g/mol. The van der Waals surface area contributed by atoms with Crippen LogP contribution in [0.2, 0.25) is 5.02 Å². The zero-order valence-corrected chi connectivity index (χ0v) is 16.2. The Bertz CT molecular complexity index is 1020. The van der Waals surface area contributed by atoms with Gasteiger partial charge in [-0.1, -0.05) is 17.7 Å². The summed E-state index contributed by atoms with van der Waals surface area (Å²) in [7, 11) is -2.73. The average Bonchev–Trinajstić information content (AvgIpc) is 2.97. The van der Waals surface area contributed by atoms with Crippen LogP contribution in [0, 0.1) is 6.92 Å². The Kier molecular flexibility index (Phi) is 5.12. The van der Waals surface area contributed by atoms with Gasteiger partial charge in [-0.3, -0.25) is 19.2 Å². The van der Waals surface area contributed by atoms with E-state index in [-0.39, 0.29) is 41.0 Å². The number of carbonyl (C=O) groups excluding carboxylic acids is 2. The fourth-order valence-corrected chi connectivity index (χ4v) is 4.28. The number of nitrogens with zero attached hydrogens (tertiary/aromatic N) is 1. The van der Waals surface area contributed by atoms with Crippen molar-refractivity contribution < 1.29 is 22.7 Å². The highest BCUT2D eigenvalue weighted by atomic mass is 35.5. The van der Waals surface area contributed by atoms with E-state index in [0.29, 0.717) is 16.3 Å². The molecule has 0 spiro atoms. The molecule has 0 radical (unpaired) electrons. The molecule has 0 bridgehead atoms.